The number of ether oxygens (including phenoxy) is 1. The van der Waals surface area contributed by atoms with Crippen molar-refractivity contribution < 1.29 is 4.74 Å². The Morgan fingerprint density at radius 2 is 1.93 bits per heavy atom. The molecule has 0 radical (unpaired) electrons. The van der Waals surface area contributed by atoms with Crippen LogP contribution in [0, 0.1) is 5.41 Å². The molecule has 2 heteroatoms. The molecule has 0 N–H and O–H groups in total. The Kier molecular flexibility index (Phi) is 4.49. The second-order valence-corrected chi connectivity index (χ2v) is 5.85. The second kappa shape index (κ2) is 5.05. The molecule has 1 heterocycles. The molecule has 1 aliphatic heterocycles. The second-order valence-electron chi connectivity index (χ2n) is 5.58. The summed E-state index contributed by atoms with van der Waals surface area (Å²) in [4.78, 5) is 0. The van der Waals surface area contributed by atoms with Gasteiger partial charge < -0.3 is 4.74 Å². The molecule has 1 rings (SSSR count). The molecule has 0 aromatic carbocycles. The first-order valence-corrected chi connectivity index (χ1v) is 6.74. The highest BCUT2D eigenvalue weighted by atomic mass is 35.5. The number of hydrogen-bond acceptors (Lipinski definition) is 1. The van der Waals surface area contributed by atoms with Gasteiger partial charge in [0.1, 0.15) is 0 Å². The van der Waals surface area contributed by atoms with Gasteiger partial charge in [0.15, 0.2) is 0 Å². The van der Waals surface area contributed by atoms with E-state index in [0.717, 1.165) is 25.1 Å². The van der Waals surface area contributed by atoms with E-state index in [1.165, 1.54) is 12.8 Å². The molecule has 1 saturated heterocycles. The van der Waals surface area contributed by atoms with Crippen molar-refractivity contribution in [2.75, 3.05) is 5.88 Å². The molecule has 0 bridgehead atoms. The van der Waals surface area contributed by atoms with Crippen LogP contribution in [-0.2, 0) is 4.74 Å². The Bertz CT molecular complexity index is 188. The Hall–Kier alpha value is 0.250. The molecule has 15 heavy (non-hydrogen) atoms. The van der Waals surface area contributed by atoms with Crippen LogP contribution in [0.2, 0.25) is 0 Å². The number of hydrogen-bond donors (Lipinski definition) is 0. The van der Waals surface area contributed by atoms with Gasteiger partial charge in [0, 0.05) is 5.88 Å². The van der Waals surface area contributed by atoms with E-state index in [2.05, 4.69) is 27.7 Å². The zero-order valence-electron chi connectivity index (χ0n) is 10.6. The summed E-state index contributed by atoms with van der Waals surface area (Å²) in [5.74, 6) is 0.764. The third-order valence-electron chi connectivity index (χ3n) is 4.00. The highest BCUT2D eigenvalue weighted by Gasteiger charge is 2.36. The lowest BCUT2D eigenvalue weighted by atomic mass is 9.79. The summed E-state index contributed by atoms with van der Waals surface area (Å²) < 4.78 is 6.05. The molecule has 1 fully saturated rings. The van der Waals surface area contributed by atoms with Gasteiger partial charge in [-0.1, -0.05) is 13.8 Å². The summed E-state index contributed by atoms with van der Waals surface area (Å²) >= 11 is 6.12. The Morgan fingerprint density at radius 3 is 2.27 bits per heavy atom. The first-order chi connectivity index (χ1) is 6.97. The fourth-order valence-corrected chi connectivity index (χ4v) is 2.97. The van der Waals surface area contributed by atoms with E-state index in [1.807, 2.05) is 0 Å². The van der Waals surface area contributed by atoms with Gasteiger partial charge in [-0.05, 0) is 51.4 Å². The minimum absolute atomic E-state index is 0.0875. The van der Waals surface area contributed by atoms with E-state index < -0.39 is 0 Å². The van der Waals surface area contributed by atoms with Gasteiger partial charge in [-0.25, -0.2) is 0 Å². The maximum atomic E-state index is 6.12. The van der Waals surface area contributed by atoms with Crippen molar-refractivity contribution >= 4 is 11.6 Å². The Balaban J connectivity index is 2.53. The van der Waals surface area contributed by atoms with Crippen LogP contribution >= 0.6 is 11.6 Å². The topological polar surface area (TPSA) is 9.23 Å². The van der Waals surface area contributed by atoms with Crippen LogP contribution in [0.1, 0.15) is 59.8 Å². The van der Waals surface area contributed by atoms with E-state index in [-0.39, 0.29) is 5.60 Å². The summed E-state index contributed by atoms with van der Waals surface area (Å²) in [6.07, 6.45) is 6.27. The van der Waals surface area contributed by atoms with E-state index in [1.54, 1.807) is 0 Å². The molecule has 0 amide bonds. The maximum absolute atomic E-state index is 6.12. The molecule has 90 valence electrons. The monoisotopic (exact) mass is 232 g/mol. The molecule has 1 aliphatic rings. The molecule has 0 saturated carbocycles. The molecule has 1 nitrogen and oxygen atoms in total. The normalized spacial score (nSPS) is 25.8. The van der Waals surface area contributed by atoms with Crippen LogP contribution in [0.3, 0.4) is 0 Å². The Morgan fingerprint density at radius 1 is 1.33 bits per heavy atom. The van der Waals surface area contributed by atoms with Gasteiger partial charge in [0.05, 0.1) is 11.7 Å². The van der Waals surface area contributed by atoms with Crippen molar-refractivity contribution in [3.8, 4) is 0 Å². The van der Waals surface area contributed by atoms with Gasteiger partial charge in [-0.3, -0.25) is 0 Å². The van der Waals surface area contributed by atoms with E-state index in [0.29, 0.717) is 11.5 Å². The zero-order chi connectivity index (χ0) is 11.5. The molecule has 0 aromatic rings. The summed E-state index contributed by atoms with van der Waals surface area (Å²) in [7, 11) is 0. The third-order valence-corrected chi connectivity index (χ3v) is 4.57. The molecule has 0 aliphatic carbocycles. The van der Waals surface area contributed by atoms with Crippen LogP contribution in [0.4, 0.5) is 0 Å². The first-order valence-electron chi connectivity index (χ1n) is 6.21. The minimum atomic E-state index is 0.0875. The summed E-state index contributed by atoms with van der Waals surface area (Å²) in [5, 5.41) is 0. The van der Waals surface area contributed by atoms with Crippen molar-refractivity contribution in [2.45, 2.75) is 71.5 Å². The highest BCUT2D eigenvalue weighted by Crippen LogP contribution is 2.40. The van der Waals surface area contributed by atoms with Crippen LogP contribution < -0.4 is 0 Å². The fourth-order valence-electron chi connectivity index (χ4n) is 2.49. The van der Waals surface area contributed by atoms with Crippen molar-refractivity contribution in [1.82, 2.24) is 0 Å². The van der Waals surface area contributed by atoms with E-state index >= 15 is 0 Å². The zero-order valence-corrected chi connectivity index (χ0v) is 11.4. The van der Waals surface area contributed by atoms with Gasteiger partial charge in [0.25, 0.3) is 0 Å². The van der Waals surface area contributed by atoms with Crippen molar-refractivity contribution in [2.24, 2.45) is 5.41 Å². The first kappa shape index (κ1) is 13.3. The van der Waals surface area contributed by atoms with Crippen molar-refractivity contribution in [1.29, 1.82) is 0 Å². The highest BCUT2D eigenvalue weighted by molar-refractivity contribution is 6.18. The molecular formula is C13H25ClO. The predicted octanol–water partition coefficient (Wildman–Crippen LogP) is 4.38. The Labute approximate surface area is 99.5 Å². The third kappa shape index (κ3) is 3.35. The van der Waals surface area contributed by atoms with Crippen LogP contribution in [0.5, 0.6) is 0 Å². The SMILES string of the molecule is CCC(CC)(CCl)CC1CCC(C)(C)O1. The smallest absolute Gasteiger partial charge is 0.0631 e. The van der Waals surface area contributed by atoms with Crippen LogP contribution in [-0.4, -0.2) is 17.6 Å². The van der Waals surface area contributed by atoms with E-state index in [4.69, 9.17) is 16.3 Å². The van der Waals surface area contributed by atoms with E-state index in [9.17, 15) is 0 Å². The maximum Gasteiger partial charge on any atom is 0.0631 e. The molecule has 1 unspecified atom stereocenters. The van der Waals surface area contributed by atoms with Gasteiger partial charge in [0.2, 0.25) is 0 Å². The quantitative estimate of drug-likeness (QED) is 0.640. The van der Waals surface area contributed by atoms with Gasteiger partial charge in [-0.15, -0.1) is 11.6 Å². The lowest BCUT2D eigenvalue weighted by Crippen LogP contribution is -2.29. The molecule has 0 spiro atoms. The van der Waals surface area contributed by atoms with Crippen LogP contribution in [0.25, 0.3) is 0 Å². The summed E-state index contributed by atoms with van der Waals surface area (Å²) in [5.41, 5.74) is 0.386. The molecule has 0 aromatic heterocycles. The van der Waals surface area contributed by atoms with Crippen LogP contribution in [0.15, 0.2) is 0 Å². The number of halogens is 1. The number of alkyl halides is 1. The van der Waals surface area contributed by atoms with Crippen molar-refractivity contribution in [3.63, 3.8) is 0 Å². The molecular weight excluding hydrogens is 208 g/mol. The summed E-state index contributed by atoms with van der Waals surface area (Å²) in [6.45, 7) is 8.86. The van der Waals surface area contributed by atoms with Gasteiger partial charge in [-0.2, -0.15) is 0 Å². The summed E-state index contributed by atoms with van der Waals surface area (Å²) in [6, 6.07) is 0. The molecule has 1 atom stereocenters. The lowest BCUT2D eigenvalue weighted by Gasteiger charge is -2.32. The average Bonchev–Trinajstić information content (AvgIpc) is 2.55. The largest absolute Gasteiger partial charge is 0.372 e. The lowest BCUT2D eigenvalue weighted by molar-refractivity contribution is -0.0343. The van der Waals surface area contributed by atoms with Crippen molar-refractivity contribution in [3.05, 3.63) is 0 Å². The fraction of sp³-hybridized carbons (Fsp3) is 1.00. The average molecular weight is 233 g/mol. The predicted molar refractivity (Wildman–Crippen MR) is 66.5 cm³/mol. The minimum Gasteiger partial charge on any atom is -0.372 e. The number of rotatable bonds is 5. The standard InChI is InChI=1S/C13H25ClO/c1-5-13(6-2,10-14)9-11-7-8-12(3,4)15-11/h11H,5-10H2,1-4H3. The van der Waals surface area contributed by atoms with Gasteiger partial charge >= 0.3 is 0 Å².